The van der Waals surface area contributed by atoms with Crippen molar-refractivity contribution in [1.29, 1.82) is 0 Å². The number of carbonyl (C=O) groups excluding carboxylic acids is 1. The van der Waals surface area contributed by atoms with E-state index in [4.69, 9.17) is 0 Å². The number of aromatic nitrogens is 2. The molecule has 3 rings (SSSR count). The molecule has 0 aromatic carbocycles. The first-order valence-electron chi connectivity index (χ1n) is 7.48. The van der Waals surface area contributed by atoms with Crippen molar-refractivity contribution in [2.45, 2.75) is 27.2 Å². The molecule has 0 atom stereocenters. The van der Waals surface area contributed by atoms with Crippen LogP contribution in [0.15, 0.2) is 22.9 Å². The maximum Gasteiger partial charge on any atom is 0.183 e. The van der Waals surface area contributed by atoms with Crippen molar-refractivity contribution < 1.29 is 4.79 Å². The van der Waals surface area contributed by atoms with E-state index >= 15 is 0 Å². The maximum absolute atomic E-state index is 11.7. The van der Waals surface area contributed by atoms with Gasteiger partial charge in [0.15, 0.2) is 10.9 Å². The third-order valence-electron chi connectivity index (χ3n) is 3.78. The number of thiazole rings is 1. The van der Waals surface area contributed by atoms with Gasteiger partial charge in [-0.3, -0.25) is 4.79 Å². The Morgan fingerprint density at radius 1 is 1.35 bits per heavy atom. The average molecular weight is 345 g/mol. The summed E-state index contributed by atoms with van der Waals surface area (Å²) in [6, 6.07) is 4.22. The van der Waals surface area contributed by atoms with Gasteiger partial charge in [0.25, 0.3) is 0 Å². The maximum atomic E-state index is 11.7. The number of nitrogens with zero attached hydrogens (tertiary/aromatic N) is 1. The quantitative estimate of drug-likeness (QED) is 0.638. The van der Waals surface area contributed by atoms with Gasteiger partial charge in [0.05, 0.1) is 5.69 Å². The van der Waals surface area contributed by atoms with Gasteiger partial charge in [0.2, 0.25) is 0 Å². The van der Waals surface area contributed by atoms with E-state index in [1.807, 2.05) is 19.2 Å². The molecule has 0 aliphatic carbocycles. The van der Waals surface area contributed by atoms with Crippen molar-refractivity contribution in [3.05, 3.63) is 44.6 Å². The van der Waals surface area contributed by atoms with Gasteiger partial charge >= 0.3 is 0 Å². The zero-order valence-electron chi connectivity index (χ0n) is 13.4. The minimum absolute atomic E-state index is 0.0898. The van der Waals surface area contributed by atoms with Crippen LogP contribution in [-0.2, 0) is 6.42 Å². The molecule has 23 heavy (non-hydrogen) atoms. The van der Waals surface area contributed by atoms with Crippen LogP contribution in [0.5, 0.6) is 0 Å². The molecule has 0 bridgehead atoms. The summed E-state index contributed by atoms with van der Waals surface area (Å²) in [5.41, 5.74) is 4.49. The summed E-state index contributed by atoms with van der Waals surface area (Å²) in [5, 5.41) is 8.40. The molecular formula is C17H19N3OS2. The molecule has 3 aromatic heterocycles. The van der Waals surface area contributed by atoms with Crippen LogP contribution in [0, 0.1) is 13.8 Å². The lowest BCUT2D eigenvalue weighted by atomic mass is 10.1. The average Bonchev–Trinajstić information content (AvgIpc) is 3.20. The highest BCUT2D eigenvalue weighted by Gasteiger charge is 2.17. The Labute approximate surface area is 143 Å². The second kappa shape index (κ2) is 6.68. The number of hydrogen-bond donors (Lipinski definition) is 2. The molecule has 0 unspecified atom stereocenters. The van der Waals surface area contributed by atoms with E-state index in [9.17, 15) is 4.79 Å². The number of rotatable bonds is 6. The number of carbonyl (C=O) groups is 1. The second-order valence-corrected chi connectivity index (χ2v) is 7.37. The molecule has 3 heterocycles. The van der Waals surface area contributed by atoms with E-state index < -0.39 is 0 Å². The summed E-state index contributed by atoms with van der Waals surface area (Å²) in [7, 11) is 0. The molecule has 0 saturated carbocycles. The number of thiophene rings is 1. The van der Waals surface area contributed by atoms with Crippen LogP contribution in [0.25, 0.3) is 11.4 Å². The molecule has 120 valence electrons. The van der Waals surface area contributed by atoms with E-state index in [1.54, 1.807) is 29.6 Å². The lowest BCUT2D eigenvalue weighted by Gasteiger charge is -2.00. The SMILES string of the molecule is CC(=O)c1c(C)[nH]c(-c2csc(NCCc3cccs3)n2)c1C. The van der Waals surface area contributed by atoms with Crippen LogP contribution in [0.2, 0.25) is 0 Å². The Morgan fingerprint density at radius 3 is 2.83 bits per heavy atom. The molecule has 2 N–H and O–H groups in total. The number of ketones is 1. The summed E-state index contributed by atoms with van der Waals surface area (Å²) >= 11 is 3.37. The van der Waals surface area contributed by atoms with Crippen molar-refractivity contribution in [3.63, 3.8) is 0 Å². The Morgan fingerprint density at radius 2 is 2.17 bits per heavy atom. The zero-order valence-corrected chi connectivity index (χ0v) is 15.0. The number of anilines is 1. The summed E-state index contributed by atoms with van der Waals surface area (Å²) in [6.07, 6.45) is 1.00. The molecular weight excluding hydrogens is 326 g/mol. The molecule has 0 aliphatic rings. The van der Waals surface area contributed by atoms with Crippen molar-refractivity contribution in [2.75, 3.05) is 11.9 Å². The molecule has 0 spiro atoms. The number of nitrogens with one attached hydrogen (secondary N) is 2. The molecule has 0 amide bonds. The van der Waals surface area contributed by atoms with Crippen LogP contribution >= 0.6 is 22.7 Å². The van der Waals surface area contributed by atoms with Crippen molar-refractivity contribution in [2.24, 2.45) is 0 Å². The van der Waals surface area contributed by atoms with Crippen molar-refractivity contribution in [3.8, 4) is 11.4 Å². The number of Topliss-reactive ketones (excluding diaryl/α,β-unsaturated/α-hetero) is 1. The van der Waals surface area contributed by atoms with Gasteiger partial charge in [-0.2, -0.15) is 0 Å². The third kappa shape index (κ3) is 3.38. The number of aromatic amines is 1. The van der Waals surface area contributed by atoms with Gasteiger partial charge in [0, 0.05) is 28.1 Å². The van der Waals surface area contributed by atoms with Crippen LogP contribution in [0.4, 0.5) is 5.13 Å². The largest absolute Gasteiger partial charge is 0.361 e. The Hall–Kier alpha value is -1.92. The zero-order chi connectivity index (χ0) is 16.4. The number of hydrogen-bond acceptors (Lipinski definition) is 5. The standard InChI is InChI=1S/C17H19N3OS2/c1-10-15(12(3)21)11(2)19-16(10)14-9-23-17(20-14)18-7-6-13-5-4-8-22-13/h4-5,8-9,19H,6-7H2,1-3H3,(H,18,20). The minimum atomic E-state index is 0.0898. The first-order chi connectivity index (χ1) is 11.1. The summed E-state index contributed by atoms with van der Waals surface area (Å²) in [4.78, 5) is 21.1. The molecule has 6 heteroatoms. The monoisotopic (exact) mass is 345 g/mol. The third-order valence-corrected chi connectivity index (χ3v) is 5.51. The fraction of sp³-hybridized carbons (Fsp3) is 0.294. The van der Waals surface area contributed by atoms with Crippen molar-refractivity contribution in [1.82, 2.24) is 9.97 Å². The predicted octanol–water partition coefficient (Wildman–Crippen LogP) is 4.67. The lowest BCUT2D eigenvalue weighted by molar-refractivity contribution is 0.101. The van der Waals surface area contributed by atoms with Crippen LogP contribution in [0.3, 0.4) is 0 Å². The molecule has 4 nitrogen and oxygen atoms in total. The number of aryl methyl sites for hydroxylation is 1. The second-order valence-electron chi connectivity index (χ2n) is 5.48. The van der Waals surface area contributed by atoms with Gasteiger partial charge < -0.3 is 10.3 Å². The topological polar surface area (TPSA) is 57.8 Å². The Bertz CT molecular complexity index is 815. The Kier molecular flexibility index (Phi) is 4.63. The van der Waals surface area contributed by atoms with Crippen LogP contribution < -0.4 is 5.32 Å². The lowest BCUT2D eigenvalue weighted by Crippen LogP contribution is -2.03. The van der Waals surface area contributed by atoms with E-state index in [1.165, 1.54) is 4.88 Å². The van der Waals surface area contributed by atoms with E-state index in [0.717, 1.165) is 46.3 Å². The molecule has 3 aromatic rings. The highest BCUT2D eigenvalue weighted by Crippen LogP contribution is 2.30. The Balaban J connectivity index is 1.72. The summed E-state index contributed by atoms with van der Waals surface area (Å²) in [5.74, 6) is 0.0898. The fourth-order valence-electron chi connectivity index (χ4n) is 2.75. The molecule has 0 fully saturated rings. The molecule has 0 saturated heterocycles. The van der Waals surface area contributed by atoms with Gasteiger partial charge in [-0.1, -0.05) is 6.07 Å². The fourth-order valence-corrected chi connectivity index (χ4v) is 4.19. The normalized spacial score (nSPS) is 10.9. The van der Waals surface area contributed by atoms with E-state index in [2.05, 4.69) is 32.8 Å². The predicted molar refractivity (Wildman–Crippen MR) is 97.9 cm³/mol. The smallest absolute Gasteiger partial charge is 0.183 e. The van der Waals surface area contributed by atoms with E-state index in [0.29, 0.717) is 0 Å². The highest BCUT2D eigenvalue weighted by atomic mass is 32.1. The van der Waals surface area contributed by atoms with Gasteiger partial charge in [-0.15, -0.1) is 22.7 Å². The molecule has 0 radical (unpaired) electrons. The number of H-pyrrole nitrogens is 1. The highest BCUT2D eigenvalue weighted by molar-refractivity contribution is 7.14. The van der Waals surface area contributed by atoms with Crippen LogP contribution in [0.1, 0.15) is 33.4 Å². The minimum Gasteiger partial charge on any atom is -0.361 e. The van der Waals surface area contributed by atoms with Crippen molar-refractivity contribution >= 4 is 33.6 Å². The van der Waals surface area contributed by atoms with Gasteiger partial charge in [0.1, 0.15) is 5.69 Å². The van der Waals surface area contributed by atoms with E-state index in [-0.39, 0.29) is 5.78 Å². The van der Waals surface area contributed by atoms with Gasteiger partial charge in [-0.05, 0) is 44.2 Å². The van der Waals surface area contributed by atoms with Gasteiger partial charge in [-0.25, -0.2) is 4.98 Å². The summed E-state index contributed by atoms with van der Waals surface area (Å²) < 4.78 is 0. The molecule has 0 aliphatic heterocycles. The first kappa shape index (κ1) is 16.0. The first-order valence-corrected chi connectivity index (χ1v) is 9.24. The van der Waals surface area contributed by atoms with Crippen LogP contribution in [-0.4, -0.2) is 22.3 Å². The summed E-state index contributed by atoms with van der Waals surface area (Å²) in [6.45, 7) is 6.37.